The standard InChI is InChI=1S/C16H17IN2O2/c1-10-4-5-13(8-11(10)2)21-9-16(20)19-15-7-6-14(17)12(3)18-15/h4-8H,9H2,1-3H3,(H,18,19,20). The number of carbonyl (C=O) groups excluding carboxylic acids is 1. The van der Waals surface area contributed by atoms with E-state index in [1.165, 1.54) is 5.56 Å². The highest BCUT2D eigenvalue weighted by Crippen LogP contribution is 2.16. The Labute approximate surface area is 138 Å². The molecule has 110 valence electrons. The molecule has 0 fully saturated rings. The number of nitrogens with zero attached hydrogens (tertiary/aromatic N) is 1. The first-order chi connectivity index (χ1) is 9.95. The topological polar surface area (TPSA) is 51.2 Å². The molecule has 1 amide bonds. The number of carbonyl (C=O) groups is 1. The van der Waals surface area contributed by atoms with Crippen molar-refractivity contribution in [2.45, 2.75) is 20.8 Å². The van der Waals surface area contributed by atoms with Gasteiger partial charge in [0.2, 0.25) is 0 Å². The molecule has 21 heavy (non-hydrogen) atoms. The van der Waals surface area contributed by atoms with Crippen LogP contribution < -0.4 is 10.1 Å². The van der Waals surface area contributed by atoms with Gasteiger partial charge in [-0.15, -0.1) is 0 Å². The van der Waals surface area contributed by atoms with Gasteiger partial charge in [-0.1, -0.05) is 6.07 Å². The number of aromatic nitrogens is 1. The van der Waals surface area contributed by atoms with Crippen LogP contribution in [0.1, 0.15) is 16.8 Å². The minimum atomic E-state index is -0.221. The summed E-state index contributed by atoms with van der Waals surface area (Å²) in [6, 6.07) is 9.47. The van der Waals surface area contributed by atoms with Crippen molar-refractivity contribution in [3.8, 4) is 5.75 Å². The molecule has 5 heteroatoms. The Morgan fingerprint density at radius 2 is 1.95 bits per heavy atom. The second-order valence-corrected chi connectivity index (χ2v) is 6.01. The zero-order chi connectivity index (χ0) is 15.4. The van der Waals surface area contributed by atoms with Crippen LogP contribution in [-0.2, 0) is 4.79 Å². The summed E-state index contributed by atoms with van der Waals surface area (Å²) >= 11 is 2.20. The highest BCUT2D eigenvalue weighted by atomic mass is 127. The lowest BCUT2D eigenvalue weighted by atomic mass is 10.1. The number of nitrogens with one attached hydrogen (secondary N) is 1. The number of halogens is 1. The number of amides is 1. The van der Waals surface area contributed by atoms with Crippen molar-refractivity contribution in [2.75, 3.05) is 11.9 Å². The van der Waals surface area contributed by atoms with Crippen LogP contribution in [0.5, 0.6) is 5.75 Å². The Bertz CT molecular complexity index is 671. The van der Waals surface area contributed by atoms with Gasteiger partial charge in [0, 0.05) is 3.57 Å². The van der Waals surface area contributed by atoms with Crippen molar-refractivity contribution in [2.24, 2.45) is 0 Å². The van der Waals surface area contributed by atoms with Crippen molar-refractivity contribution in [3.05, 3.63) is 50.7 Å². The second-order valence-electron chi connectivity index (χ2n) is 4.85. The van der Waals surface area contributed by atoms with E-state index < -0.39 is 0 Å². The Balaban J connectivity index is 1.92. The molecule has 0 radical (unpaired) electrons. The molecule has 1 aromatic carbocycles. The van der Waals surface area contributed by atoms with E-state index in [9.17, 15) is 4.79 Å². The summed E-state index contributed by atoms with van der Waals surface area (Å²) in [7, 11) is 0. The number of anilines is 1. The van der Waals surface area contributed by atoms with E-state index in [4.69, 9.17) is 4.74 Å². The molecule has 4 nitrogen and oxygen atoms in total. The lowest BCUT2D eigenvalue weighted by Crippen LogP contribution is -2.21. The quantitative estimate of drug-likeness (QED) is 0.804. The van der Waals surface area contributed by atoms with Crippen LogP contribution in [0.2, 0.25) is 0 Å². The number of aryl methyl sites for hydroxylation is 3. The highest BCUT2D eigenvalue weighted by molar-refractivity contribution is 14.1. The maximum absolute atomic E-state index is 11.9. The van der Waals surface area contributed by atoms with Gasteiger partial charge in [-0.05, 0) is 78.8 Å². The van der Waals surface area contributed by atoms with E-state index in [1.807, 2.05) is 45.0 Å². The monoisotopic (exact) mass is 396 g/mol. The Morgan fingerprint density at radius 3 is 2.62 bits per heavy atom. The van der Waals surface area contributed by atoms with Gasteiger partial charge >= 0.3 is 0 Å². The van der Waals surface area contributed by atoms with Crippen LogP contribution >= 0.6 is 22.6 Å². The van der Waals surface area contributed by atoms with Gasteiger partial charge in [-0.25, -0.2) is 4.98 Å². The SMILES string of the molecule is Cc1ccc(OCC(=O)Nc2ccc(I)c(C)n2)cc1C. The molecule has 0 bridgehead atoms. The average molecular weight is 396 g/mol. The summed E-state index contributed by atoms with van der Waals surface area (Å²) in [6.07, 6.45) is 0. The van der Waals surface area contributed by atoms with Gasteiger partial charge in [0.05, 0.1) is 5.69 Å². The molecule has 2 aromatic rings. The molecule has 2 rings (SSSR count). The van der Waals surface area contributed by atoms with Crippen LogP contribution in [0.15, 0.2) is 30.3 Å². The van der Waals surface area contributed by atoms with Gasteiger partial charge in [0.25, 0.3) is 5.91 Å². The van der Waals surface area contributed by atoms with Crippen LogP contribution in [0, 0.1) is 24.3 Å². The van der Waals surface area contributed by atoms with Gasteiger partial charge in [0.1, 0.15) is 11.6 Å². The Kier molecular flexibility index (Phi) is 5.17. The van der Waals surface area contributed by atoms with Gasteiger partial charge in [-0.3, -0.25) is 4.79 Å². The molecule has 0 aliphatic rings. The second kappa shape index (κ2) is 6.89. The Morgan fingerprint density at radius 1 is 1.19 bits per heavy atom. The van der Waals surface area contributed by atoms with Crippen LogP contribution in [0.25, 0.3) is 0 Å². The molecule has 0 spiro atoms. The normalized spacial score (nSPS) is 10.3. The average Bonchev–Trinajstić information content (AvgIpc) is 2.44. The van der Waals surface area contributed by atoms with Crippen molar-refractivity contribution in [3.63, 3.8) is 0 Å². The van der Waals surface area contributed by atoms with Crippen molar-refractivity contribution >= 4 is 34.3 Å². The number of hydrogen-bond donors (Lipinski definition) is 1. The molecule has 0 saturated carbocycles. The predicted octanol–water partition coefficient (Wildman–Crippen LogP) is 3.63. The Hall–Kier alpha value is -1.63. The predicted molar refractivity (Wildman–Crippen MR) is 91.7 cm³/mol. The molecule has 1 aromatic heterocycles. The maximum atomic E-state index is 11.9. The van der Waals surface area contributed by atoms with Crippen molar-refractivity contribution in [1.82, 2.24) is 4.98 Å². The van der Waals surface area contributed by atoms with Crippen LogP contribution in [0.3, 0.4) is 0 Å². The van der Waals surface area contributed by atoms with E-state index in [1.54, 1.807) is 6.07 Å². The fourth-order valence-electron chi connectivity index (χ4n) is 1.75. The lowest BCUT2D eigenvalue weighted by molar-refractivity contribution is -0.118. The fraction of sp³-hybridized carbons (Fsp3) is 0.250. The molecule has 0 atom stereocenters. The number of pyridine rings is 1. The zero-order valence-electron chi connectivity index (χ0n) is 12.2. The summed E-state index contributed by atoms with van der Waals surface area (Å²) < 4.78 is 6.56. The van der Waals surface area contributed by atoms with Crippen LogP contribution in [0.4, 0.5) is 5.82 Å². The van der Waals surface area contributed by atoms with Crippen molar-refractivity contribution in [1.29, 1.82) is 0 Å². The van der Waals surface area contributed by atoms with Crippen LogP contribution in [-0.4, -0.2) is 17.5 Å². The van der Waals surface area contributed by atoms with E-state index in [-0.39, 0.29) is 12.5 Å². The molecule has 0 saturated heterocycles. The summed E-state index contributed by atoms with van der Waals surface area (Å²) in [5.41, 5.74) is 3.23. The minimum Gasteiger partial charge on any atom is -0.484 e. The third-order valence-corrected chi connectivity index (χ3v) is 4.28. The number of hydrogen-bond acceptors (Lipinski definition) is 3. The van der Waals surface area contributed by atoms with E-state index in [0.29, 0.717) is 11.6 Å². The largest absolute Gasteiger partial charge is 0.484 e. The van der Waals surface area contributed by atoms with E-state index in [2.05, 4.69) is 32.9 Å². The molecular formula is C16H17IN2O2. The third-order valence-electron chi connectivity index (χ3n) is 3.14. The summed E-state index contributed by atoms with van der Waals surface area (Å²) in [6.45, 7) is 5.93. The van der Waals surface area contributed by atoms with E-state index >= 15 is 0 Å². The van der Waals surface area contributed by atoms with E-state index in [0.717, 1.165) is 14.8 Å². The minimum absolute atomic E-state index is 0.0325. The zero-order valence-corrected chi connectivity index (χ0v) is 14.4. The highest BCUT2D eigenvalue weighted by Gasteiger charge is 2.06. The van der Waals surface area contributed by atoms with Gasteiger partial charge < -0.3 is 10.1 Å². The molecule has 0 unspecified atom stereocenters. The number of rotatable bonds is 4. The summed E-state index contributed by atoms with van der Waals surface area (Å²) in [4.78, 5) is 16.2. The summed E-state index contributed by atoms with van der Waals surface area (Å²) in [5.74, 6) is 1.02. The third kappa shape index (κ3) is 4.42. The lowest BCUT2D eigenvalue weighted by Gasteiger charge is -2.09. The molecule has 0 aliphatic carbocycles. The maximum Gasteiger partial charge on any atom is 0.263 e. The van der Waals surface area contributed by atoms with Gasteiger partial charge in [-0.2, -0.15) is 0 Å². The van der Waals surface area contributed by atoms with Crippen molar-refractivity contribution < 1.29 is 9.53 Å². The molecular weight excluding hydrogens is 379 g/mol. The molecule has 1 N–H and O–H groups in total. The number of ether oxygens (including phenoxy) is 1. The molecule has 1 heterocycles. The molecule has 0 aliphatic heterocycles. The number of benzene rings is 1. The fourth-order valence-corrected chi connectivity index (χ4v) is 2.05. The smallest absolute Gasteiger partial charge is 0.263 e. The van der Waals surface area contributed by atoms with Gasteiger partial charge in [0.15, 0.2) is 6.61 Å². The first-order valence-corrected chi connectivity index (χ1v) is 7.66. The first-order valence-electron chi connectivity index (χ1n) is 6.59. The summed E-state index contributed by atoms with van der Waals surface area (Å²) in [5, 5.41) is 2.73. The first kappa shape index (κ1) is 15.8.